The molecule has 22 heavy (non-hydrogen) atoms. The first kappa shape index (κ1) is 17.0. The topological polar surface area (TPSA) is 29.5 Å². The average molecular weight is 303 g/mol. The Morgan fingerprint density at radius 2 is 1.73 bits per heavy atom. The molecule has 0 saturated carbocycles. The van der Waals surface area contributed by atoms with Crippen molar-refractivity contribution < 1.29 is 9.53 Å². The first-order chi connectivity index (χ1) is 10.8. The number of benzene rings is 1. The van der Waals surface area contributed by atoms with Crippen molar-refractivity contribution in [2.75, 3.05) is 31.2 Å². The van der Waals surface area contributed by atoms with Gasteiger partial charge < -0.3 is 14.4 Å². The molecule has 0 unspecified atom stereocenters. The van der Waals surface area contributed by atoms with Gasteiger partial charge in [0.2, 0.25) is 0 Å². The van der Waals surface area contributed by atoms with E-state index in [0.29, 0.717) is 6.42 Å². The molecule has 3 heteroatoms. The third kappa shape index (κ3) is 6.18. The fraction of sp³-hybridized carbons (Fsp3) is 0.632. The van der Waals surface area contributed by atoms with Crippen LogP contribution in [0.1, 0.15) is 51.0 Å². The van der Waals surface area contributed by atoms with E-state index in [0.717, 1.165) is 38.9 Å². The fourth-order valence-electron chi connectivity index (χ4n) is 2.91. The summed E-state index contributed by atoms with van der Waals surface area (Å²) < 4.78 is 5.62. The molecule has 0 aliphatic carbocycles. The normalized spacial score (nSPS) is 14.5. The number of aryl methyl sites for hydroxylation is 1. The maximum atomic E-state index is 10.8. The van der Waals surface area contributed by atoms with Gasteiger partial charge in [-0.1, -0.05) is 12.1 Å². The van der Waals surface area contributed by atoms with Crippen LogP contribution in [-0.2, 0) is 16.0 Å². The summed E-state index contributed by atoms with van der Waals surface area (Å²) in [5.41, 5.74) is 2.76. The zero-order valence-electron chi connectivity index (χ0n) is 13.9. The van der Waals surface area contributed by atoms with E-state index >= 15 is 0 Å². The molecule has 122 valence electrons. The second-order valence-corrected chi connectivity index (χ2v) is 6.24. The van der Waals surface area contributed by atoms with Crippen molar-refractivity contribution in [3.63, 3.8) is 0 Å². The van der Waals surface area contributed by atoms with Gasteiger partial charge >= 0.3 is 0 Å². The second-order valence-electron chi connectivity index (χ2n) is 6.24. The summed E-state index contributed by atoms with van der Waals surface area (Å²) >= 11 is 0. The zero-order valence-corrected chi connectivity index (χ0v) is 13.9. The number of anilines is 1. The van der Waals surface area contributed by atoms with Crippen LogP contribution < -0.4 is 4.90 Å². The molecule has 0 spiro atoms. The van der Waals surface area contributed by atoms with E-state index in [4.69, 9.17) is 4.74 Å². The van der Waals surface area contributed by atoms with Crippen LogP contribution in [0.2, 0.25) is 0 Å². The molecule has 0 bridgehead atoms. The Kier molecular flexibility index (Phi) is 7.44. The van der Waals surface area contributed by atoms with E-state index in [1.165, 1.54) is 37.2 Å². The Bertz CT molecular complexity index is 435. The largest absolute Gasteiger partial charge is 0.381 e. The standard InChI is InChI=1S/C19H29NO2/c1-17(21)7-2-5-15-22-16-6-8-18-9-11-19(12-10-18)20-13-3-4-14-20/h9-12H,2-8,13-16H2,1H3. The second kappa shape index (κ2) is 9.62. The zero-order chi connectivity index (χ0) is 15.6. The number of rotatable bonds is 10. The van der Waals surface area contributed by atoms with E-state index < -0.39 is 0 Å². The number of carbonyl (C=O) groups is 1. The Morgan fingerprint density at radius 1 is 1.05 bits per heavy atom. The lowest BCUT2D eigenvalue weighted by Crippen LogP contribution is -2.17. The molecular formula is C19H29NO2. The molecule has 0 atom stereocenters. The van der Waals surface area contributed by atoms with Gasteiger partial charge in [-0.2, -0.15) is 0 Å². The smallest absolute Gasteiger partial charge is 0.129 e. The first-order valence-electron chi connectivity index (χ1n) is 8.67. The lowest BCUT2D eigenvalue weighted by Gasteiger charge is -2.17. The average Bonchev–Trinajstić information content (AvgIpc) is 3.04. The van der Waals surface area contributed by atoms with Crippen LogP contribution in [0, 0.1) is 0 Å². The number of hydrogen-bond donors (Lipinski definition) is 0. The highest BCUT2D eigenvalue weighted by atomic mass is 16.5. The molecule has 1 heterocycles. The van der Waals surface area contributed by atoms with Gasteiger partial charge in [0.05, 0.1) is 0 Å². The van der Waals surface area contributed by atoms with Gasteiger partial charge in [0, 0.05) is 38.4 Å². The van der Waals surface area contributed by atoms with Gasteiger partial charge in [0.1, 0.15) is 5.78 Å². The Labute approximate surface area is 134 Å². The maximum absolute atomic E-state index is 10.8. The molecule has 1 aliphatic heterocycles. The highest BCUT2D eigenvalue weighted by molar-refractivity contribution is 5.75. The summed E-state index contributed by atoms with van der Waals surface area (Å²) in [6, 6.07) is 9.01. The summed E-state index contributed by atoms with van der Waals surface area (Å²) in [6.07, 6.45) is 7.42. The Morgan fingerprint density at radius 3 is 2.41 bits per heavy atom. The third-order valence-corrected chi connectivity index (χ3v) is 4.23. The fourth-order valence-corrected chi connectivity index (χ4v) is 2.91. The number of unbranched alkanes of at least 4 members (excludes halogenated alkanes) is 1. The molecule has 1 aromatic rings. The van der Waals surface area contributed by atoms with Gasteiger partial charge in [-0.25, -0.2) is 0 Å². The molecule has 1 saturated heterocycles. The third-order valence-electron chi connectivity index (χ3n) is 4.23. The van der Waals surface area contributed by atoms with E-state index in [1.807, 2.05) is 0 Å². The summed E-state index contributed by atoms with van der Waals surface area (Å²) in [4.78, 5) is 13.3. The SMILES string of the molecule is CC(=O)CCCCOCCCc1ccc(N2CCCC2)cc1. The van der Waals surface area contributed by atoms with Crippen LogP contribution in [0.15, 0.2) is 24.3 Å². The summed E-state index contributed by atoms with van der Waals surface area (Å²) in [5.74, 6) is 0.275. The van der Waals surface area contributed by atoms with E-state index in [2.05, 4.69) is 29.2 Å². The van der Waals surface area contributed by atoms with Crippen molar-refractivity contribution in [3.8, 4) is 0 Å². The van der Waals surface area contributed by atoms with Crippen molar-refractivity contribution in [3.05, 3.63) is 29.8 Å². The maximum Gasteiger partial charge on any atom is 0.129 e. The molecule has 0 amide bonds. The van der Waals surface area contributed by atoms with Crippen molar-refractivity contribution in [2.45, 2.75) is 51.9 Å². The summed E-state index contributed by atoms with van der Waals surface area (Å²) in [5, 5.41) is 0. The van der Waals surface area contributed by atoms with E-state index in [9.17, 15) is 4.79 Å². The molecule has 0 radical (unpaired) electrons. The van der Waals surface area contributed by atoms with E-state index in [1.54, 1.807) is 6.92 Å². The van der Waals surface area contributed by atoms with Crippen molar-refractivity contribution in [1.82, 2.24) is 0 Å². The molecular weight excluding hydrogens is 274 g/mol. The van der Waals surface area contributed by atoms with E-state index in [-0.39, 0.29) is 5.78 Å². The minimum absolute atomic E-state index is 0.275. The number of ether oxygens (including phenoxy) is 1. The van der Waals surface area contributed by atoms with Crippen LogP contribution >= 0.6 is 0 Å². The van der Waals surface area contributed by atoms with Crippen LogP contribution in [0.3, 0.4) is 0 Å². The number of carbonyl (C=O) groups excluding carboxylic acids is 1. The quantitative estimate of drug-likeness (QED) is 0.612. The lowest BCUT2D eigenvalue weighted by molar-refractivity contribution is -0.117. The van der Waals surface area contributed by atoms with Crippen LogP contribution in [0.5, 0.6) is 0 Å². The van der Waals surface area contributed by atoms with Crippen LogP contribution in [-0.4, -0.2) is 32.1 Å². The number of nitrogens with zero attached hydrogens (tertiary/aromatic N) is 1. The summed E-state index contributed by atoms with van der Waals surface area (Å²) in [7, 11) is 0. The van der Waals surface area contributed by atoms with Gasteiger partial charge in [0.25, 0.3) is 0 Å². The van der Waals surface area contributed by atoms with Gasteiger partial charge in [0.15, 0.2) is 0 Å². The predicted octanol–water partition coefficient (Wildman–Crippen LogP) is 4.00. The highest BCUT2D eigenvalue weighted by Gasteiger charge is 2.11. The first-order valence-corrected chi connectivity index (χ1v) is 8.67. The monoisotopic (exact) mass is 303 g/mol. The van der Waals surface area contributed by atoms with Crippen LogP contribution in [0.4, 0.5) is 5.69 Å². The number of Topliss-reactive ketones (excluding diaryl/α,β-unsaturated/α-hetero) is 1. The molecule has 2 rings (SSSR count). The number of ketones is 1. The highest BCUT2D eigenvalue weighted by Crippen LogP contribution is 2.20. The molecule has 1 aromatic carbocycles. The van der Waals surface area contributed by atoms with Crippen molar-refractivity contribution >= 4 is 11.5 Å². The van der Waals surface area contributed by atoms with Gasteiger partial charge in [-0.3, -0.25) is 0 Å². The van der Waals surface area contributed by atoms with Gasteiger partial charge in [-0.15, -0.1) is 0 Å². The lowest BCUT2D eigenvalue weighted by atomic mass is 10.1. The van der Waals surface area contributed by atoms with Crippen molar-refractivity contribution in [1.29, 1.82) is 0 Å². The molecule has 3 nitrogen and oxygen atoms in total. The van der Waals surface area contributed by atoms with Crippen LogP contribution in [0.25, 0.3) is 0 Å². The minimum Gasteiger partial charge on any atom is -0.381 e. The number of hydrogen-bond acceptors (Lipinski definition) is 3. The predicted molar refractivity (Wildman–Crippen MR) is 91.6 cm³/mol. The Balaban J connectivity index is 1.54. The molecule has 1 aliphatic rings. The molecule has 0 aromatic heterocycles. The minimum atomic E-state index is 0.275. The molecule has 1 fully saturated rings. The Hall–Kier alpha value is -1.35. The van der Waals surface area contributed by atoms with Crippen molar-refractivity contribution in [2.24, 2.45) is 0 Å². The molecule has 0 N–H and O–H groups in total. The summed E-state index contributed by atoms with van der Waals surface area (Å²) in [6.45, 7) is 5.65. The van der Waals surface area contributed by atoms with Gasteiger partial charge in [-0.05, 0) is 63.1 Å².